The van der Waals surface area contributed by atoms with E-state index in [9.17, 15) is 0 Å². The molecule has 0 saturated heterocycles. The highest BCUT2D eigenvalue weighted by Crippen LogP contribution is 1.97. The van der Waals surface area contributed by atoms with Gasteiger partial charge in [0.2, 0.25) is 0 Å². The fourth-order valence-electron chi connectivity index (χ4n) is 0.749. The summed E-state index contributed by atoms with van der Waals surface area (Å²) in [6.07, 6.45) is 0.665. The molecule has 0 aliphatic carbocycles. The summed E-state index contributed by atoms with van der Waals surface area (Å²) in [5.74, 6) is 0. The molecule has 0 aliphatic rings. The van der Waals surface area contributed by atoms with Gasteiger partial charge >= 0.3 is 0 Å². The lowest BCUT2D eigenvalue weighted by Gasteiger charge is -2.28. The molecule has 0 aromatic heterocycles. The number of hydrogen-bond donors (Lipinski definition) is 1. The average Bonchev–Trinajstić information content (AvgIpc) is 1.84. The molecular formula is C7H16NO2+. The van der Waals surface area contributed by atoms with E-state index in [0.717, 1.165) is 17.6 Å². The summed E-state index contributed by atoms with van der Waals surface area (Å²) in [6.45, 7) is 7.43. The summed E-state index contributed by atoms with van der Waals surface area (Å²) in [5.41, 5.74) is 0. The molecule has 0 spiro atoms. The summed E-state index contributed by atoms with van der Waals surface area (Å²) in [6, 6.07) is 0. The molecule has 0 aromatic rings. The predicted molar refractivity (Wildman–Crippen MR) is 39.3 cm³/mol. The average molecular weight is 146 g/mol. The molecule has 0 bridgehead atoms. The van der Waals surface area contributed by atoms with Crippen LogP contribution in [0.4, 0.5) is 0 Å². The molecule has 1 N–H and O–H groups in total. The lowest BCUT2D eigenvalue weighted by Crippen LogP contribution is -2.42. The van der Waals surface area contributed by atoms with E-state index in [4.69, 9.17) is 12.2 Å². The molecule has 10 heavy (non-hydrogen) atoms. The highest BCUT2D eigenvalue weighted by Gasteiger charge is 2.12. The lowest BCUT2D eigenvalue weighted by molar-refractivity contribution is -0.891. The highest BCUT2D eigenvalue weighted by molar-refractivity contribution is 4.37. The third-order valence-electron chi connectivity index (χ3n) is 1.52. The fourth-order valence-corrected chi connectivity index (χ4v) is 0.749. The van der Waals surface area contributed by atoms with Crippen LogP contribution in [0.15, 0.2) is 0 Å². The Balaban J connectivity index is 3.42. The predicted octanol–water partition coefficient (Wildman–Crippen LogP) is 0.654. The minimum absolute atomic E-state index is 0.368. The van der Waals surface area contributed by atoms with Crippen LogP contribution < -0.4 is 0 Å². The first kappa shape index (κ1) is 9.88. The van der Waals surface area contributed by atoms with Crippen molar-refractivity contribution in [3.05, 3.63) is 6.92 Å². The zero-order valence-electron chi connectivity index (χ0n) is 6.71. The molecule has 0 aromatic carbocycles. The Morgan fingerprint density at radius 1 is 1.40 bits per heavy atom. The smallest absolute Gasteiger partial charge is 0.131 e. The summed E-state index contributed by atoms with van der Waals surface area (Å²) in [4.78, 5) is 3.97. The molecule has 0 aliphatic heterocycles. The standard InChI is InChI=1S/C7H15NO2/c1-4-5-8(2,3)6-7-10-9/h1H,4-7H2,2-3H3/p+1. The third-order valence-corrected chi connectivity index (χ3v) is 1.52. The molecule has 0 rings (SSSR count). The number of nitrogens with zero attached hydrogens (tertiary/aromatic N) is 1. The Hall–Kier alpha value is -0.120. The monoisotopic (exact) mass is 146 g/mol. The number of likely N-dealkylation sites (N-methyl/N-ethyl adjacent to an activating group) is 1. The molecule has 3 nitrogen and oxygen atoms in total. The van der Waals surface area contributed by atoms with Crippen LogP contribution in [0, 0.1) is 6.92 Å². The molecule has 0 heterocycles. The topological polar surface area (TPSA) is 29.5 Å². The van der Waals surface area contributed by atoms with Crippen molar-refractivity contribution in [2.45, 2.75) is 6.42 Å². The van der Waals surface area contributed by atoms with Gasteiger partial charge in [0.05, 0.1) is 20.6 Å². The largest absolute Gasteiger partial charge is 0.326 e. The van der Waals surface area contributed by atoms with E-state index in [-0.39, 0.29) is 0 Å². The first-order valence-corrected chi connectivity index (χ1v) is 3.41. The van der Waals surface area contributed by atoms with E-state index in [0.29, 0.717) is 13.0 Å². The van der Waals surface area contributed by atoms with Gasteiger partial charge in [0.15, 0.2) is 0 Å². The van der Waals surface area contributed by atoms with Gasteiger partial charge in [-0.05, 0) is 13.3 Å². The molecule has 0 amide bonds. The Morgan fingerprint density at radius 2 is 2.00 bits per heavy atom. The molecule has 2 radical (unpaired) electrons. The molecule has 0 atom stereocenters. The fraction of sp³-hybridized carbons (Fsp3) is 0.857. The van der Waals surface area contributed by atoms with Crippen LogP contribution in [0.25, 0.3) is 0 Å². The first-order valence-electron chi connectivity index (χ1n) is 3.41. The lowest BCUT2D eigenvalue weighted by atomic mass is 10.4. The SMILES string of the molecule is [CH]CC[N+](C)(C)CCOO. The van der Waals surface area contributed by atoms with Crippen LogP contribution >= 0.6 is 0 Å². The summed E-state index contributed by atoms with van der Waals surface area (Å²) in [5, 5.41) is 8.06. The normalized spacial score (nSPS) is 12.0. The molecule has 3 heteroatoms. The Kier molecular flexibility index (Phi) is 4.60. The van der Waals surface area contributed by atoms with E-state index >= 15 is 0 Å². The maximum absolute atomic E-state index is 8.06. The van der Waals surface area contributed by atoms with Crippen molar-refractivity contribution < 1.29 is 14.6 Å². The van der Waals surface area contributed by atoms with Crippen molar-refractivity contribution in [3.63, 3.8) is 0 Å². The van der Waals surface area contributed by atoms with Crippen LogP contribution in [0.5, 0.6) is 0 Å². The Morgan fingerprint density at radius 3 is 2.40 bits per heavy atom. The molecule has 0 unspecified atom stereocenters. The van der Waals surface area contributed by atoms with Crippen molar-refractivity contribution >= 4 is 0 Å². The number of quaternary nitrogens is 1. The van der Waals surface area contributed by atoms with Crippen molar-refractivity contribution in [3.8, 4) is 0 Å². The van der Waals surface area contributed by atoms with Gasteiger partial charge in [-0.3, -0.25) is 5.26 Å². The van der Waals surface area contributed by atoms with E-state index in [2.05, 4.69) is 4.89 Å². The molecule has 60 valence electrons. The quantitative estimate of drug-likeness (QED) is 0.350. The minimum atomic E-state index is 0.368. The zero-order valence-corrected chi connectivity index (χ0v) is 6.71. The van der Waals surface area contributed by atoms with Crippen LogP contribution in [0.2, 0.25) is 0 Å². The number of rotatable bonds is 5. The van der Waals surface area contributed by atoms with E-state index in [1.54, 1.807) is 0 Å². The van der Waals surface area contributed by atoms with Gasteiger partial charge < -0.3 is 4.48 Å². The third kappa shape index (κ3) is 4.73. The van der Waals surface area contributed by atoms with Gasteiger partial charge in [-0.2, -0.15) is 0 Å². The van der Waals surface area contributed by atoms with Gasteiger partial charge in [0.1, 0.15) is 13.2 Å². The maximum atomic E-state index is 8.06. The van der Waals surface area contributed by atoms with E-state index in [1.165, 1.54) is 0 Å². The second-order valence-corrected chi connectivity index (χ2v) is 3.00. The van der Waals surface area contributed by atoms with Crippen LogP contribution in [0.3, 0.4) is 0 Å². The van der Waals surface area contributed by atoms with Crippen LogP contribution in [-0.4, -0.2) is 43.5 Å². The zero-order chi connectivity index (χ0) is 8.04. The van der Waals surface area contributed by atoms with Gasteiger partial charge in [-0.15, -0.1) is 0 Å². The van der Waals surface area contributed by atoms with E-state index < -0.39 is 0 Å². The Bertz CT molecular complexity index is 83.7. The van der Waals surface area contributed by atoms with Crippen molar-refractivity contribution in [2.75, 3.05) is 33.8 Å². The van der Waals surface area contributed by atoms with Gasteiger partial charge in [0.25, 0.3) is 0 Å². The van der Waals surface area contributed by atoms with E-state index in [1.807, 2.05) is 14.1 Å². The van der Waals surface area contributed by atoms with Crippen molar-refractivity contribution in [1.29, 1.82) is 0 Å². The molecular weight excluding hydrogens is 130 g/mol. The Labute approximate surface area is 62.7 Å². The molecule has 0 fully saturated rings. The van der Waals surface area contributed by atoms with Gasteiger partial charge in [-0.25, -0.2) is 4.89 Å². The second kappa shape index (κ2) is 4.66. The van der Waals surface area contributed by atoms with Crippen molar-refractivity contribution in [1.82, 2.24) is 0 Å². The van der Waals surface area contributed by atoms with Crippen LogP contribution in [0.1, 0.15) is 6.42 Å². The highest BCUT2D eigenvalue weighted by atomic mass is 17.1. The summed E-state index contributed by atoms with van der Waals surface area (Å²) in [7, 11) is 4.10. The van der Waals surface area contributed by atoms with Crippen LogP contribution in [-0.2, 0) is 4.89 Å². The van der Waals surface area contributed by atoms with Gasteiger partial charge in [-0.1, -0.05) is 0 Å². The summed E-state index contributed by atoms with van der Waals surface area (Å²) >= 11 is 0. The first-order chi connectivity index (χ1) is 4.62. The summed E-state index contributed by atoms with van der Waals surface area (Å²) < 4.78 is 0.789. The van der Waals surface area contributed by atoms with Crippen molar-refractivity contribution in [2.24, 2.45) is 0 Å². The maximum Gasteiger partial charge on any atom is 0.131 e. The second-order valence-electron chi connectivity index (χ2n) is 3.00. The minimum Gasteiger partial charge on any atom is -0.326 e. The van der Waals surface area contributed by atoms with Gasteiger partial charge in [0, 0.05) is 0 Å². The molecule has 0 saturated carbocycles. The number of hydrogen-bond acceptors (Lipinski definition) is 2.